The van der Waals surface area contributed by atoms with Gasteiger partial charge in [0.2, 0.25) is 0 Å². The third-order valence-corrected chi connectivity index (χ3v) is 5.95. The van der Waals surface area contributed by atoms with Crippen LogP contribution in [0.3, 0.4) is 0 Å². The molecule has 4 atom stereocenters. The van der Waals surface area contributed by atoms with E-state index < -0.39 is 0 Å². The first-order valence-electron chi connectivity index (χ1n) is 10.7. The second-order valence-corrected chi connectivity index (χ2v) is 8.79. The fraction of sp³-hybridized carbons (Fsp3) is 0.750. The Morgan fingerprint density at radius 2 is 1.27 bits per heavy atom. The first-order chi connectivity index (χ1) is 12.3. The van der Waals surface area contributed by atoms with Crippen LogP contribution in [0.2, 0.25) is 0 Å². The maximum absolute atomic E-state index is 2.41. The highest BCUT2D eigenvalue weighted by atomic mass is 15.1. The molecule has 0 spiro atoms. The van der Waals surface area contributed by atoms with Crippen LogP contribution in [-0.4, -0.2) is 51.1 Å². The molecule has 0 saturated carbocycles. The fourth-order valence-corrected chi connectivity index (χ4v) is 4.45. The SMILES string of the molecule is CCC(CC(C)c1ccc(C(CC)C(CC)CN(C)C)cc1)CN(C)C. The number of hydrogen-bond donors (Lipinski definition) is 0. The maximum Gasteiger partial charge on any atom is 0.000930 e. The van der Waals surface area contributed by atoms with Gasteiger partial charge in [0.05, 0.1) is 0 Å². The minimum Gasteiger partial charge on any atom is -0.309 e. The minimum absolute atomic E-state index is 0.637. The van der Waals surface area contributed by atoms with Crippen LogP contribution in [0.25, 0.3) is 0 Å². The Morgan fingerprint density at radius 1 is 0.731 bits per heavy atom. The highest BCUT2D eigenvalue weighted by Gasteiger charge is 2.21. The summed E-state index contributed by atoms with van der Waals surface area (Å²) < 4.78 is 0. The molecule has 2 heteroatoms. The van der Waals surface area contributed by atoms with E-state index >= 15 is 0 Å². The van der Waals surface area contributed by atoms with Crippen molar-refractivity contribution in [3.05, 3.63) is 35.4 Å². The van der Waals surface area contributed by atoms with Crippen molar-refractivity contribution >= 4 is 0 Å². The zero-order chi connectivity index (χ0) is 19.7. The lowest BCUT2D eigenvalue weighted by Crippen LogP contribution is -2.26. The number of nitrogens with zero attached hydrogens (tertiary/aromatic N) is 2. The summed E-state index contributed by atoms with van der Waals surface area (Å²) in [6.07, 6.45) is 5.02. The molecule has 0 aliphatic heterocycles. The van der Waals surface area contributed by atoms with Crippen molar-refractivity contribution in [2.45, 2.75) is 65.2 Å². The number of hydrogen-bond acceptors (Lipinski definition) is 2. The van der Waals surface area contributed by atoms with Crippen molar-refractivity contribution in [3.63, 3.8) is 0 Å². The van der Waals surface area contributed by atoms with E-state index in [0.717, 1.165) is 11.8 Å². The molecule has 2 nitrogen and oxygen atoms in total. The molecule has 0 radical (unpaired) electrons. The van der Waals surface area contributed by atoms with Crippen LogP contribution >= 0.6 is 0 Å². The van der Waals surface area contributed by atoms with Crippen molar-refractivity contribution in [1.29, 1.82) is 0 Å². The molecule has 26 heavy (non-hydrogen) atoms. The highest BCUT2D eigenvalue weighted by Crippen LogP contribution is 2.32. The molecule has 0 aliphatic carbocycles. The molecule has 0 aliphatic rings. The van der Waals surface area contributed by atoms with E-state index in [0.29, 0.717) is 11.8 Å². The van der Waals surface area contributed by atoms with Crippen LogP contribution < -0.4 is 0 Å². The predicted octanol–water partition coefficient (Wildman–Crippen LogP) is 5.85. The molecule has 0 saturated heterocycles. The second kappa shape index (κ2) is 11.8. The van der Waals surface area contributed by atoms with Crippen molar-refractivity contribution in [1.82, 2.24) is 9.80 Å². The van der Waals surface area contributed by atoms with Crippen LogP contribution in [0, 0.1) is 11.8 Å². The summed E-state index contributed by atoms with van der Waals surface area (Å²) in [7, 11) is 8.76. The zero-order valence-corrected chi connectivity index (χ0v) is 18.8. The van der Waals surface area contributed by atoms with Crippen LogP contribution in [0.5, 0.6) is 0 Å². The zero-order valence-electron chi connectivity index (χ0n) is 18.8. The summed E-state index contributed by atoms with van der Waals surface area (Å²) in [4.78, 5) is 4.66. The molecule has 0 fully saturated rings. The minimum atomic E-state index is 0.637. The van der Waals surface area contributed by atoms with Gasteiger partial charge < -0.3 is 9.80 Å². The molecular formula is C24H44N2. The predicted molar refractivity (Wildman–Crippen MR) is 117 cm³/mol. The average molecular weight is 361 g/mol. The Bertz CT molecular complexity index is 477. The lowest BCUT2D eigenvalue weighted by molar-refractivity contribution is 0.278. The van der Waals surface area contributed by atoms with Crippen LogP contribution in [0.4, 0.5) is 0 Å². The Hall–Kier alpha value is -0.860. The maximum atomic E-state index is 2.41. The third kappa shape index (κ3) is 7.40. The van der Waals surface area contributed by atoms with Gasteiger partial charge >= 0.3 is 0 Å². The molecule has 1 rings (SSSR count). The summed E-state index contributed by atoms with van der Waals surface area (Å²) in [6, 6.07) is 9.61. The quantitative estimate of drug-likeness (QED) is 0.461. The van der Waals surface area contributed by atoms with Gasteiger partial charge in [-0.1, -0.05) is 64.8 Å². The van der Waals surface area contributed by atoms with Crippen LogP contribution in [0.15, 0.2) is 24.3 Å². The highest BCUT2D eigenvalue weighted by molar-refractivity contribution is 5.28. The largest absolute Gasteiger partial charge is 0.309 e. The van der Waals surface area contributed by atoms with E-state index in [1.807, 2.05) is 0 Å². The molecule has 1 aromatic carbocycles. The van der Waals surface area contributed by atoms with Crippen molar-refractivity contribution in [2.75, 3.05) is 41.3 Å². The fourth-order valence-electron chi connectivity index (χ4n) is 4.45. The van der Waals surface area contributed by atoms with Gasteiger partial charge in [0, 0.05) is 13.1 Å². The summed E-state index contributed by atoms with van der Waals surface area (Å²) in [5, 5.41) is 0. The third-order valence-electron chi connectivity index (χ3n) is 5.95. The lowest BCUT2D eigenvalue weighted by atomic mass is 9.81. The van der Waals surface area contributed by atoms with Gasteiger partial charge in [-0.3, -0.25) is 0 Å². The van der Waals surface area contributed by atoms with Crippen molar-refractivity contribution in [2.24, 2.45) is 11.8 Å². The van der Waals surface area contributed by atoms with E-state index in [4.69, 9.17) is 0 Å². The van der Waals surface area contributed by atoms with Crippen LogP contribution in [0.1, 0.15) is 76.3 Å². The molecule has 0 bridgehead atoms. The van der Waals surface area contributed by atoms with Crippen LogP contribution in [-0.2, 0) is 0 Å². The van der Waals surface area contributed by atoms with Gasteiger partial charge in [-0.05, 0) is 75.8 Å². The second-order valence-electron chi connectivity index (χ2n) is 8.79. The molecule has 4 unspecified atom stereocenters. The van der Waals surface area contributed by atoms with E-state index in [1.54, 1.807) is 0 Å². The van der Waals surface area contributed by atoms with Gasteiger partial charge in [0.25, 0.3) is 0 Å². The van der Waals surface area contributed by atoms with Gasteiger partial charge in [-0.15, -0.1) is 0 Å². The Morgan fingerprint density at radius 3 is 1.69 bits per heavy atom. The summed E-state index contributed by atoms with van der Waals surface area (Å²) >= 11 is 0. The number of rotatable bonds is 12. The van der Waals surface area contributed by atoms with Gasteiger partial charge in [0.15, 0.2) is 0 Å². The molecule has 150 valence electrons. The lowest BCUT2D eigenvalue weighted by Gasteiger charge is -2.29. The van der Waals surface area contributed by atoms with Crippen molar-refractivity contribution < 1.29 is 0 Å². The topological polar surface area (TPSA) is 6.48 Å². The van der Waals surface area contributed by atoms with Crippen molar-refractivity contribution in [3.8, 4) is 0 Å². The molecule has 0 N–H and O–H groups in total. The average Bonchev–Trinajstić information content (AvgIpc) is 2.60. The molecule has 1 aromatic rings. The Labute approximate surface area is 164 Å². The summed E-state index contributed by atoms with van der Waals surface area (Å²) in [6.45, 7) is 11.8. The van der Waals surface area contributed by atoms with E-state index in [2.05, 4.69) is 90.0 Å². The van der Waals surface area contributed by atoms with E-state index in [1.165, 1.54) is 49.9 Å². The Kier molecular flexibility index (Phi) is 10.5. The smallest absolute Gasteiger partial charge is 0.000930 e. The van der Waals surface area contributed by atoms with Gasteiger partial charge in [-0.25, -0.2) is 0 Å². The molecular weight excluding hydrogens is 316 g/mol. The standard InChI is InChI=1S/C24H44N2/c1-9-20(17-25(5)6)16-19(4)22-12-14-23(15-13-22)24(11-3)21(10-2)18-26(7)8/h12-15,19-21,24H,9-11,16-18H2,1-8H3. The first kappa shape index (κ1) is 23.2. The van der Waals surface area contributed by atoms with E-state index in [-0.39, 0.29) is 0 Å². The monoisotopic (exact) mass is 360 g/mol. The number of benzene rings is 1. The Balaban J connectivity index is 2.82. The molecule has 0 heterocycles. The van der Waals surface area contributed by atoms with E-state index in [9.17, 15) is 0 Å². The first-order valence-corrected chi connectivity index (χ1v) is 10.7. The summed E-state index contributed by atoms with van der Waals surface area (Å²) in [5.41, 5.74) is 3.03. The molecule has 0 aromatic heterocycles. The van der Waals surface area contributed by atoms with Gasteiger partial charge in [-0.2, -0.15) is 0 Å². The molecule has 0 amide bonds. The van der Waals surface area contributed by atoms with Gasteiger partial charge in [0.1, 0.15) is 0 Å². The normalized spacial score (nSPS) is 16.7. The summed E-state index contributed by atoms with van der Waals surface area (Å²) in [5.74, 6) is 2.83.